The molecule has 1 rings (SSSR count). The quantitative estimate of drug-likeness (QED) is 0.447. The number of ether oxygens (including phenoxy) is 2. The van der Waals surface area contributed by atoms with E-state index in [4.69, 9.17) is 9.47 Å². The SMILES string of the molecule is CCC(C)CCC(Oc1ccc(CCC(C)(C)C)cc1)OC(C)C. The molecule has 0 bridgehead atoms. The molecule has 0 amide bonds. The zero-order chi connectivity index (χ0) is 18.2. The topological polar surface area (TPSA) is 18.5 Å². The second-order valence-electron chi connectivity index (χ2n) is 8.53. The minimum absolute atomic E-state index is 0.153. The Hall–Kier alpha value is -1.02. The molecule has 0 heterocycles. The predicted molar refractivity (Wildman–Crippen MR) is 104 cm³/mol. The Bertz CT molecular complexity index is 442. The summed E-state index contributed by atoms with van der Waals surface area (Å²) in [6.07, 6.45) is 5.62. The lowest BCUT2D eigenvalue weighted by Gasteiger charge is -2.23. The molecule has 0 fully saturated rings. The van der Waals surface area contributed by atoms with Crippen LogP contribution in [0, 0.1) is 11.3 Å². The van der Waals surface area contributed by atoms with E-state index in [9.17, 15) is 0 Å². The van der Waals surface area contributed by atoms with Gasteiger partial charge in [-0.3, -0.25) is 0 Å². The number of aryl methyl sites for hydroxylation is 1. The van der Waals surface area contributed by atoms with Gasteiger partial charge in [0, 0.05) is 6.42 Å². The molecule has 2 unspecified atom stereocenters. The molecule has 1 aromatic rings. The van der Waals surface area contributed by atoms with Gasteiger partial charge < -0.3 is 9.47 Å². The Labute approximate surface area is 149 Å². The summed E-state index contributed by atoms with van der Waals surface area (Å²) in [5.74, 6) is 1.62. The molecule has 2 heteroatoms. The highest BCUT2D eigenvalue weighted by molar-refractivity contribution is 5.27. The number of hydrogen-bond donors (Lipinski definition) is 0. The molecular weight excluding hydrogens is 296 g/mol. The highest BCUT2D eigenvalue weighted by Gasteiger charge is 2.15. The van der Waals surface area contributed by atoms with Gasteiger partial charge >= 0.3 is 0 Å². The number of rotatable bonds is 10. The first-order valence-electron chi connectivity index (χ1n) is 9.60. The lowest BCUT2D eigenvalue weighted by Crippen LogP contribution is -2.25. The monoisotopic (exact) mass is 334 g/mol. The van der Waals surface area contributed by atoms with Gasteiger partial charge in [-0.1, -0.05) is 53.2 Å². The maximum absolute atomic E-state index is 6.10. The highest BCUT2D eigenvalue weighted by atomic mass is 16.7. The lowest BCUT2D eigenvalue weighted by molar-refractivity contribution is -0.113. The maximum Gasteiger partial charge on any atom is 0.200 e. The Kier molecular flexibility index (Phi) is 8.83. The summed E-state index contributed by atoms with van der Waals surface area (Å²) in [5, 5.41) is 0. The zero-order valence-corrected chi connectivity index (χ0v) is 16.9. The fraction of sp³-hybridized carbons (Fsp3) is 0.727. The molecule has 0 saturated carbocycles. The van der Waals surface area contributed by atoms with Crippen molar-refractivity contribution in [1.82, 2.24) is 0 Å². The molecule has 0 aromatic heterocycles. The Balaban J connectivity index is 2.58. The molecule has 0 N–H and O–H groups in total. The van der Waals surface area contributed by atoms with Crippen LogP contribution < -0.4 is 4.74 Å². The summed E-state index contributed by atoms with van der Waals surface area (Å²) < 4.78 is 12.0. The molecular formula is C22H38O2. The van der Waals surface area contributed by atoms with Crippen LogP contribution in [0.3, 0.4) is 0 Å². The van der Waals surface area contributed by atoms with E-state index < -0.39 is 0 Å². The van der Waals surface area contributed by atoms with Gasteiger partial charge in [-0.15, -0.1) is 0 Å². The minimum Gasteiger partial charge on any atom is -0.465 e. The van der Waals surface area contributed by atoms with Gasteiger partial charge in [0.25, 0.3) is 0 Å². The zero-order valence-electron chi connectivity index (χ0n) is 16.9. The van der Waals surface area contributed by atoms with Crippen molar-refractivity contribution >= 4 is 0 Å². The van der Waals surface area contributed by atoms with Crippen LogP contribution in [0.15, 0.2) is 24.3 Å². The minimum atomic E-state index is -0.153. The predicted octanol–water partition coefficient (Wildman–Crippen LogP) is 6.62. The van der Waals surface area contributed by atoms with Crippen molar-refractivity contribution in [3.05, 3.63) is 29.8 Å². The summed E-state index contributed by atoms with van der Waals surface area (Å²) in [7, 11) is 0. The van der Waals surface area contributed by atoms with E-state index in [1.54, 1.807) is 0 Å². The van der Waals surface area contributed by atoms with Crippen molar-refractivity contribution in [3.63, 3.8) is 0 Å². The summed E-state index contributed by atoms with van der Waals surface area (Å²) in [6.45, 7) is 15.5. The average molecular weight is 335 g/mol. The van der Waals surface area contributed by atoms with Crippen LogP contribution in [0.2, 0.25) is 0 Å². The van der Waals surface area contributed by atoms with E-state index in [0.29, 0.717) is 11.3 Å². The number of hydrogen-bond acceptors (Lipinski definition) is 2. The summed E-state index contributed by atoms with van der Waals surface area (Å²) in [6, 6.07) is 8.53. The average Bonchev–Trinajstić information content (AvgIpc) is 2.50. The van der Waals surface area contributed by atoms with E-state index in [-0.39, 0.29) is 12.4 Å². The standard InChI is InChI=1S/C22H38O2/c1-8-18(4)9-14-21(23-17(2)3)24-20-12-10-19(11-13-20)15-16-22(5,6)7/h10-13,17-18,21H,8-9,14-16H2,1-7H3. The van der Waals surface area contributed by atoms with Crippen molar-refractivity contribution in [2.45, 2.75) is 93.0 Å². The summed E-state index contributed by atoms with van der Waals surface area (Å²) in [4.78, 5) is 0. The maximum atomic E-state index is 6.10. The fourth-order valence-electron chi connectivity index (χ4n) is 2.49. The normalized spacial score (nSPS) is 14.7. The van der Waals surface area contributed by atoms with E-state index >= 15 is 0 Å². The van der Waals surface area contributed by atoms with E-state index in [0.717, 1.165) is 25.0 Å². The lowest BCUT2D eigenvalue weighted by atomic mass is 9.89. The third kappa shape index (κ3) is 9.32. The van der Waals surface area contributed by atoms with Crippen molar-refractivity contribution in [2.24, 2.45) is 11.3 Å². The first kappa shape index (κ1) is 21.0. The fourth-order valence-corrected chi connectivity index (χ4v) is 2.49. The van der Waals surface area contributed by atoms with E-state index in [1.165, 1.54) is 18.4 Å². The van der Waals surface area contributed by atoms with Crippen LogP contribution in [0.4, 0.5) is 0 Å². The van der Waals surface area contributed by atoms with Crippen LogP contribution in [-0.4, -0.2) is 12.4 Å². The summed E-state index contributed by atoms with van der Waals surface area (Å²) >= 11 is 0. The first-order valence-corrected chi connectivity index (χ1v) is 9.60. The van der Waals surface area contributed by atoms with Gasteiger partial charge in [-0.25, -0.2) is 0 Å². The molecule has 0 saturated heterocycles. The van der Waals surface area contributed by atoms with Crippen LogP contribution in [0.5, 0.6) is 5.75 Å². The van der Waals surface area contributed by atoms with E-state index in [1.807, 2.05) is 0 Å². The molecule has 0 aliphatic heterocycles. The second-order valence-corrected chi connectivity index (χ2v) is 8.53. The molecule has 138 valence electrons. The molecule has 24 heavy (non-hydrogen) atoms. The third-order valence-electron chi connectivity index (χ3n) is 4.37. The van der Waals surface area contributed by atoms with Crippen LogP contribution in [-0.2, 0) is 11.2 Å². The van der Waals surface area contributed by atoms with Crippen molar-refractivity contribution in [3.8, 4) is 5.75 Å². The van der Waals surface area contributed by atoms with Gasteiger partial charge in [-0.05, 0) is 62.1 Å². The first-order chi connectivity index (χ1) is 11.2. The van der Waals surface area contributed by atoms with E-state index in [2.05, 4.69) is 72.7 Å². The largest absolute Gasteiger partial charge is 0.465 e. The molecule has 1 aromatic carbocycles. The van der Waals surface area contributed by atoms with Crippen molar-refractivity contribution < 1.29 is 9.47 Å². The van der Waals surface area contributed by atoms with Crippen LogP contribution in [0.25, 0.3) is 0 Å². The highest BCUT2D eigenvalue weighted by Crippen LogP contribution is 2.24. The van der Waals surface area contributed by atoms with Gasteiger partial charge in [-0.2, -0.15) is 0 Å². The summed E-state index contributed by atoms with van der Waals surface area (Å²) in [5.41, 5.74) is 1.75. The van der Waals surface area contributed by atoms with Crippen molar-refractivity contribution in [1.29, 1.82) is 0 Å². The Morgan fingerprint density at radius 3 is 2.08 bits per heavy atom. The van der Waals surface area contributed by atoms with Gasteiger partial charge in [0.2, 0.25) is 0 Å². The second kappa shape index (κ2) is 10.1. The van der Waals surface area contributed by atoms with Gasteiger partial charge in [0.05, 0.1) is 6.10 Å². The third-order valence-corrected chi connectivity index (χ3v) is 4.37. The van der Waals surface area contributed by atoms with Crippen LogP contribution in [0.1, 0.15) is 79.7 Å². The Morgan fingerprint density at radius 2 is 1.58 bits per heavy atom. The Morgan fingerprint density at radius 1 is 0.958 bits per heavy atom. The number of benzene rings is 1. The van der Waals surface area contributed by atoms with Gasteiger partial charge in [0.1, 0.15) is 5.75 Å². The molecule has 0 spiro atoms. The molecule has 2 atom stereocenters. The smallest absolute Gasteiger partial charge is 0.200 e. The molecule has 2 nitrogen and oxygen atoms in total. The molecule has 0 radical (unpaired) electrons. The van der Waals surface area contributed by atoms with Crippen LogP contribution >= 0.6 is 0 Å². The van der Waals surface area contributed by atoms with Gasteiger partial charge in [0.15, 0.2) is 6.29 Å². The van der Waals surface area contributed by atoms with Crippen molar-refractivity contribution in [2.75, 3.05) is 0 Å². The molecule has 0 aliphatic carbocycles. The molecule has 0 aliphatic rings.